The van der Waals surface area contributed by atoms with Crippen molar-refractivity contribution in [2.24, 2.45) is 0 Å². The second-order valence-corrected chi connectivity index (χ2v) is 11.3. The number of fused-ring (bicyclic) bond motifs is 1. The first-order valence-electron chi connectivity index (χ1n) is 12.4. The Bertz CT molecular complexity index is 1460. The van der Waals surface area contributed by atoms with E-state index in [9.17, 15) is 8.42 Å². The molecule has 2 aromatic heterocycles. The molecule has 0 bridgehead atoms. The number of benzene rings is 2. The smallest absolute Gasteiger partial charge is 0.243 e. The number of piperidine rings is 1. The van der Waals surface area contributed by atoms with Crippen LogP contribution in [0.5, 0.6) is 0 Å². The van der Waals surface area contributed by atoms with E-state index in [0.717, 1.165) is 79.0 Å². The third-order valence-corrected chi connectivity index (χ3v) is 9.06. The largest absolute Gasteiger partial charge is 0.368 e. The van der Waals surface area contributed by atoms with Crippen LogP contribution < -0.4 is 9.80 Å². The first-order chi connectivity index (χ1) is 17.6. The molecule has 6 rings (SSSR count). The number of sulfonamides is 1. The molecule has 2 aliphatic heterocycles. The predicted octanol–water partition coefficient (Wildman–Crippen LogP) is 3.52. The van der Waals surface area contributed by atoms with Gasteiger partial charge in [-0.25, -0.2) is 18.4 Å². The van der Waals surface area contributed by atoms with Crippen LogP contribution in [0.15, 0.2) is 66.1 Å². The van der Waals surface area contributed by atoms with E-state index >= 15 is 0 Å². The van der Waals surface area contributed by atoms with Crippen molar-refractivity contribution in [1.29, 1.82) is 0 Å². The Balaban J connectivity index is 1.21. The van der Waals surface area contributed by atoms with Gasteiger partial charge in [0.1, 0.15) is 12.1 Å². The molecule has 36 heavy (non-hydrogen) atoms. The second-order valence-electron chi connectivity index (χ2n) is 9.35. The molecule has 2 aromatic carbocycles. The molecule has 186 valence electrons. The summed E-state index contributed by atoms with van der Waals surface area (Å²) in [5.41, 5.74) is 3.95. The van der Waals surface area contributed by atoms with Crippen LogP contribution in [0.25, 0.3) is 22.0 Å². The summed E-state index contributed by atoms with van der Waals surface area (Å²) in [6, 6.07) is 13.6. The summed E-state index contributed by atoms with van der Waals surface area (Å²) in [7, 11) is -3.45. The van der Waals surface area contributed by atoms with Crippen LogP contribution in [0.1, 0.15) is 19.3 Å². The summed E-state index contributed by atoms with van der Waals surface area (Å²) >= 11 is 0. The molecule has 1 N–H and O–H groups in total. The van der Waals surface area contributed by atoms with Crippen molar-refractivity contribution in [2.75, 3.05) is 49.1 Å². The number of anilines is 2. The molecular weight excluding hydrogens is 474 g/mol. The zero-order chi connectivity index (χ0) is 24.5. The van der Waals surface area contributed by atoms with Gasteiger partial charge in [0.05, 0.1) is 16.6 Å². The van der Waals surface area contributed by atoms with E-state index in [1.807, 2.05) is 42.7 Å². The Hall–Kier alpha value is -3.50. The average Bonchev–Trinajstić information content (AvgIpc) is 3.48. The van der Waals surface area contributed by atoms with Crippen LogP contribution >= 0.6 is 0 Å². The van der Waals surface area contributed by atoms with Crippen molar-refractivity contribution in [3.05, 3.63) is 61.2 Å². The SMILES string of the molecule is O=S(=O)(c1cccc(N2CCN(c3ncnc4ccc(-c5cn[nH]c5)cc34)CC2)c1)N1CCCCC1. The van der Waals surface area contributed by atoms with Crippen molar-refractivity contribution in [3.8, 4) is 11.1 Å². The minimum absolute atomic E-state index is 0.387. The first-order valence-corrected chi connectivity index (χ1v) is 13.9. The van der Waals surface area contributed by atoms with Crippen LogP contribution in [0.2, 0.25) is 0 Å². The number of nitrogens with one attached hydrogen (secondary N) is 1. The molecule has 0 atom stereocenters. The number of hydrogen-bond acceptors (Lipinski definition) is 7. The summed E-state index contributed by atoms with van der Waals surface area (Å²) in [5, 5.41) is 7.95. The fourth-order valence-corrected chi connectivity index (χ4v) is 6.71. The van der Waals surface area contributed by atoms with E-state index in [0.29, 0.717) is 18.0 Å². The number of rotatable bonds is 5. The van der Waals surface area contributed by atoms with Gasteiger partial charge >= 0.3 is 0 Å². The van der Waals surface area contributed by atoms with Gasteiger partial charge in [-0.15, -0.1) is 0 Å². The fourth-order valence-electron chi connectivity index (χ4n) is 5.15. The van der Waals surface area contributed by atoms with Crippen molar-refractivity contribution < 1.29 is 8.42 Å². The second kappa shape index (κ2) is 9.51. The van der Waals surface area contributed by atoms with Gasteiger partial charge in [0.15, 0.2) is 0 Å². The lowest BCUT2D eigenvalue weighted by Gasteiger charge is -2.37. The molecule has 2 fully saturated rings. The number of hydrogen-bond donors (Lipinski definition) is 1. The quantitative estimate of drug-likeness (QED) is 0.445. The summed E-state index contributed by atoms with van der Waals surface area (Å²) in [5.74, 6) is 0.923. The standard InChI is InChI=1S/C26H29N7O2S/c34-36(35,33-9-2-1-3-10-33)23-6-4-5-22(16-23)31-11-13-32(14-12-31)26-24-15-20(21-17-29-30-18-21)7-8-25(24)27-19-28-26/h4-8,15-19H,1-3,9-14H2,(H,29,30). The minimum Gasteiger partial charge on any atom is -0.368 e. The number of aromatic amines is 1. The Morgan fingerprint density at radius 3 is 2.39 bits per heavy atom. The highest BCUT2D eigenvalue weighted by atomic mass is 32.2. The van der Waals surface area contributed by atoms with Gasteiger partial charge in [-0.3, -0.25) is 5.10 Å². The Kier molecular flexibility index (Phi) is 6.06. The van der Waals surface area contributed by atoms with Crippen LogP contribution in [-0.4, -0.2) is 72.2 Å². The van der Waals surface area contributed by atoms with E-state index in [2.05, 4.69) is 36.0 Å². The van der Waals surface area contributed by atoms with Crippen LogP contribution in [-0.2, 0) is 10.0 Å². The van der Waals surface area contributed by atoms with E-state index in [-0.39, 0.29) is 0 Å². The summed E-state index contributed by atoms with van der Waals surface area (Å²) < 4.78 is 28.0. The van der Waals surface area contributed by atoms with Crippen molar-refractivity contribution in [2.45, 2.75) is 24.2 Å². The number of nitrogens with zero attached hydrogens (tertiary/aromatic N) is 6. The van der Waals surface area contributed by atoms with E-state index < -0.39 is 10.0 Å². The minimum atomic E-state index is -3.45. The van der Waals surface area contributed by atoms with Gasteiger partial charge < -0.3 is 9.80 Å². The average molecular weight is 504 g/mol. The zero-order valence-electron chi connectivity index (χ0n) is 20.0. The van der Waals surface area contributed by atoms with Crippen LogP contribution in [0, 0.1) is 0 Å². The molecule has 0 saturated carbocycles. The fraction of sp³-hybridized carbons (Fsp3) is 0.346. The number of piperazine rings is 1. The normalized spacial score (nSPS) is 17.6. The predicted molar refractivity (Wildman–Crippen MR) is 141 cm³/mol. The van der Waals surface area contributed by atoms with Gasteiger partial charge in [0.2, 0.25) is 10.0 Å². The lowest BCUT2D eigenvalue weighted by atomic mass is 10.1. The Morgan fingerprint density at radius 1 is 0.806 bits per heavy atom. The molecule has 10 heteroatoms. The molecule has 0 amide bonds. The van der Waals surface area contributed by atoms with Gasteiger partial charge in [-0.2, -0.15) is 9.40 Å². The summed E-state index contributed by atoms with van der Waals surface area (Å²) in [6.07, 6.45) is 8.27. The van der Waals surface area contributed by atoms with Crippen molar-refractivity contribution >= 4 is 32.4 Å². The molecular formula is C26H29N7O2S. The maximum absolute atomic E-state index is 13.2. The highest BCUT2D eigenvalue weighted by molar-refractivity contribution is 7.89. The molecule has 4 aromatic rings. The molecule has 9 nitrogen and oxygen atoms in total. The highest BCUT2D eigenvalue weighted by Gasteiger charge is 2.27. The van der Waals surface area contributed by atoms with Crippen LogP contribution in [0.3, 0.4) is 0 Å². The van der Waals surface area contributed by atoms with E-state index in [1.165, 1.54) is 0 Å². The summed E-state index contributed by atoms with van der Waals surface area (Å²) in [4.78, 5) is 14.0. The van der Waals surface area contributed by atoms with Gasteiger partial charge in [0.25, 0.3) is 0 Å². The summed E-state index contributed by atoms with van der Waals surface area (Å²) in [6.45, 7) is 4.34. The third kappa shape index (κ3) is 4.31. The highest BCUT2D eigenvalue weighted by Crippen LogP contribution is 2.30. The van der Waals surface area contributed by atoms with E-state index in [4.69, 9.17) is 0 Å². The molecule has 0 radical (unpaired) electrons. The van der Waals surface area contributed by atoms with Gasteiger partial charge in [-0.05, 0) is 48.7 Å². The molecule has 2 aliphatic rings. The molecule has 0 unspecified atom stereocenters. The maximum Gasteiger partial charge on any atom is 0.243 e. The van der Waals surface area contributed by atoms with Gasteiger partial charge in [0, 0.05) is 62.1 Å². The van der Waals surface area contributed by atoms with E-state index in [1.54, 1.807) is 16.7 Å². The maximum atomic E-state index is 13.2. The number of H-pyrrole nitrogens is 1. The lowest BCUT2D eigenvalue weighted by molar-refractivity contribution is 0.346. The van der Waals surface area contributed by atoms with Crippen molar-refractivity contribution in [1.82, 2.24) is 24.5 Å². The van der Waals surface area contributed by atoms with Gasteiger partial charge in [-0.1, -0.05) is 18.6 Å². The lowest BCUT2D eigenvalue weighted by Crippen LogP contribution is -2.47. The molecule has 0 aliphatic carbocycles. The first kappa shape index (κ1) is 22.9. The Labute approximate surface area is 210 Å². The number of aromatic nitrogens is 4. The topological polar surface area (TPSA) is 98.3 Å². The molecule has 4 heterocycles. The van der Waals surface area contributed by atoms with Crippen molar-refractivity contribution in [3.63, 3.8) is 0 Å². The third-order valence-electron chi connectivity index (χ3n) is 7.16. The monoisotopic (exact) mass is 503 g/mol. The van der Waals surface area contributed by atoms with Crippen LogP contribution in [0.4, 0.5) is 11.5 Å². The Morgan fingerprint density at radius 2 is 1.61 bits per heavy atom. The zero-order valence-corrected chi connectivity index (χ0v) is 20.9. The molecule has 0 spiro atoms. The molecule has 2 saturated heterocycles.